The number of nitrogens with zero attached hydrogens (tertiary/aromatic N) is 3. The van der Waals surface area contributed by atoms with Crippen LogP contribution in [0.3, 0.4) is 0 Å². The van der Waals surface area contributed by atoms with Crippen molar-refractivity contribution in [1.29, 1.82) is 0 Å². The number of imide groups is 2. The number of fused-ring (bicyclic) bond motifs is 4. The van der Waals surface area contributed by atoms with Gasteiger partial charge in [-0.25, -0.2) is 9.69 Å². The number of nitrogens with one attached hydrogen (secondary N) is 1. The van der Waals surface area contributed by atoms with Gasteiger partial charge in [0.1, 0.15) is 11.2 Å². The summed E-state index contributed by atoms with van der Waals surface area (Å²) in [6.07, 6.45) is 1.11. The number of pyridine rings is 1. The van der Waals surface area contributed by atoms with E-state index in [9.17, 15) is 19.2 Å². The van der Waals surface area contributed by atoms with E-state index in [4.69, 9.17) is 4.74 Å². The lowest BCUT2D eigenvalue weighted by Gasteiger charge is -2.47. The average molecular weight is 555 g/mol. The number of urea groups is 1. The zero-order valence-corrected chi connectivity index (χ0v) is 23.3. The number of carbonyl (C=O) groups excluding carboxylic acids is 3. The molecule has 0 saturated carbocycles. The molecule has 3 aliphatic rings. The van der Waals surface area contributed by atoms with E-state index in [2.05, 4.69) is 10.2 Å². The standard InChI is InChI=1S/C32H34N4O5/c1-3-41-26-13-11-25(12-14-26)36-30(39)32(29(38)33-31(36)40,16-22-9-7-21(2)8-10-22)20-34-17-23-15-24(19-34)27-5-4-6-28(37)35(27)18-23/h4-14,23-24H,3,15-20H2,1-2H3,(H,33,38,40). The molecule has 3 aromatic rings. The molecule has 4 amide bonds. The van der Waals surface area contributed by atoms with Crippen molar-refractivity contribution in [2.24, 2.45) is 11.3 Å². The molecule has 0 spiro atoms. The highest BCUT2D eigenvalue weighted by molar-refractivity contribution is 6.30. The van der Waals surface area contributed by atoms with E-state index in [0.29, 0.717) is 37.7 Å². The van der Waals surface area contributed by atoms with E-state index in [1.165, 1.54) is 0 Å². The van der Waals surface area contributed by atoms with Crippen LogP contribution in [0.2, 0.25) is 0 Å². The highest BCUT2D eigenvalue weighted by atomic mass is 16.5. The lowest BCUT2D eigenvalue weighted by atomic mass is 9.75. The monoisotopic (exact) mass is 554 g/mol. The number of carbonyl (C=O) groups is 3. The Kier molecular flexibility index (Phi) is 6.99. The van der Waals surface area contributed by atoms with Gasteiger partial charge >= 0.3 is 6.03 Å². The van der Waals surface area contributed by atoms with Gasteiger partial charge in [0.25, 0.3) is 11.5 Å². The maximum absolute atomic E-state index is 14.5. The Morgan fingerprint density at radius 1 is 0.927 bits per heavy atom. The molecule has 1 N–H and O–H groups in total. The molecule has 0 aliphatic carbocycles. The Morgan fingerprint density at radius 2 is 1.68 bits per heavy atom. The fourth-order valence-corrected chi connectivity index (χ4v) is 6.68. The molecule has 4 heterocycles. The maximum Gasteiger partial charge on any atom is 0.335 e. The summed E-state index contributed by atoms with van der Waals surface area (Å²) in [6.45, 7) is 6.41. The van der Waals surface area contributed by atoms with Crippen molar-refractivity contribution < 1.29 is 19.1 Å². The van der Waals surface area contributed by atoms with Crippen LogP contribution in [-0.4, -0.2) is 53.6 Å². The number of hydrogen-bond acceptors (Lipinski definition) is 6. The van der Waals surface area contributed by atoms with Gasteiger partial charge in [0.15, 0.2) is 0 Å². The molecular weight excluding hydrogens is 520 g/mol. The van der Waals surface area contributed by atoms with Gasteiger partial charge in [0.05, 0.1) is 12.3 Å². The van der Waals surface area contributed by atoms with Crippen LogP contribution < -0.4 is 20.5 Å². The van der Waals surface area contributed by atoms with Crippen molar-refractivity contribution in [3.05, 3.63) is 93.9 Å². The van der Waals surface area contributed by atoms with Gasteiger partial charge in [-0.2, -0.15) is 0 Å². The molecular formula is C32H34N4O5. The van der Waals surface area contributed by atoms with Crippen LogP contribution in [0.5, 0.6) is 5.75 Å². The minimum atomic E-state index is -1.52. The molecule has 1 aromatic heterocycles. The number of amides is 4. The van der Waals surface area contributed by atoms with E-state index < -0.39 is 23.3 Å². The van der Waals surface area contributed by atoms with E-state index in [1.54, 1.807) is 36.4 Å². The number of ether oxygens (including phenoxy) is 1. The third kappa shape index (κ3) is 4.95. The highest BCUT2D eigenvalue weighted by Gasteiger charge is 2.55. The first kappa shape index (κ1) is 27.0. The van der Waals surface area contributed by atoms with Crippen molar-refractivity contribution in [3.8, 4) is 5.75 Å². The minimum Gasteiger partial charge on any atom is -0.494 e. The maximum atomic E-state index is 14.5. The number of rotatable bonds is 7. The molecule has 3 atom stereocenters. The Bertz CT molecular complexity index is 1550. The molecule has 9 heteroatoms. The van der Waals surface area contributed by atoms with E-state index in [-0.39, 0.29) is 30.4 Å². The SMILES string of the molecule is CCOc1ccc(N2C(=O)NC(=O)C(Cc3ccc(C)cc3)(CN3CC4CC(C3)c3cccc(=O)n3C4)C2=O)cc1. The second kappa shape index (κ2) is 10.6. The van der Waals surface area contributed by atoms with Gasteiger partial charge < -0.3 is 14.2 Å². The third-order valence-electron chi connectivity index (χ3n) is 8.55. The zero-order valence-electron chi connectivity index (χ0n) is 23.3. The number of aromatic nitrogens is 1. The van der Waals surface area contributed by atoms with Crippen molar-refractivity contribution >= 4 is 23.5 Å². The number of barbiturate groups is 1. The molecule has 2 saturated heterocycles. The Labute approximate surface area is 238 Å². The van der Waals surface area contributed by atoms with Gasteiger partial charge in [-0.15, -0.1) is 0 Å². The summed E-state index contributed by atoms with van der Waals surface area (Å²) in [4.78, 5) is 57.2. The van der Waals surface area contributed by atoms with Crippen LogP contribution in [0.1, 0.15) is 36.1 Å². The first-order valence-corrected chi connectivity index (χ1v) is 14.2. The summed E-state index contributed by atoms with van der Waals surface area (Å²) in [7, 11) is 0. The summed E-state index contributed by atoms with van der Waals surface area (Å²) in [5.74, 6) is -0.143. The van der Waals surface area contributed by atoms with Crippen LogP contribution in [0.4, 0.5) is 10.5 Å². The van der Waals surface area contributed by atoms with Crippen LogP contribution in [0.15, 0.2) is 71.5 Å². The lowest BCUT2D eigenvalue weighted by molar-refractivity contribution is -0.144. The van der Waals surface area contributed by atoms with Gasteiger partial charge in [-0.05, 0) is 68.5 Å². The van der Waals surface area contributed by atoms with Crippen LogP contribution in [0.25, 0.3) is 0 Å². The first-order valence-electron chi connectivity index (χ1n) is 14.2. The zero-order chi connectivity index (χ0) is 28.7. The lowest BCUT2D eigenvalue weighted by Crippen LogP contribution is -2.68. The minimum absolute atomic E-state index is 0.00726. The Balaban J connectivity index is 1.36. The summed E-state index contributed by atoms with van der Waals surface area (Å²) >= 11 is 0. The fourth-order valence-electron chi connectivity index (χ4n) is 6.68. The molecule has 3 unspecified atom stereocenters. The predicted octanol–water partition coefficient (Wildman–Crippen LogP) is 3.49. The highest BCUT2D eigenvalue weighted by Crippen LogP contribution is 2.39. The summed E-state index contributed by atoms with van der Waals surface area (Å²) in [6, 6.07) is 19.2. The van der Waals surface area contributed by atoms with Gasteiger partial charge in [-0.3, -0.25) is 19.7 Å². The number of piperidine rings is 1. The van der Waals surface area contributed by atoms with Gasteiger partial charge in [0.2, 0.25) is 5.91 Å². The molecule has 0 radical (unpaired) electrons. The number of anilines is 1. The van der Waals surface area contributed by atoms with Crippen LogP contribution in [-0.2, 0) is 22.6 Å². The topological polar surface area (TPSA) is 101 Å². The molecule has 41 heavy (non-hydrogen) atoms. The summed E-state index contributed by atoms with van der Waals surface area (Å²) in [5, 5.41) is 2.51. The second-order valence-electron chi connectivity index (χ2n) is 11.5. The fraction of sp³-hybridized carbons (Fsp3) is 0.375. The van der Waals surface area contributed by atoms with E-state index >= 15 is 0 Å². The molecule has 2 fully saturated rings. The number of aryl methyl sites for hydroxylation is 1. The van der Waals surface area contributed by atoms with E-state index in [0.717, 1.165) is 28.1 Å². The van der Waals surface area contributed by atoms with Crippen molar-refractivity contribution in [1.82, 2.24) is 14.8 Å². The Hall–Kier alpha value is -4.24. The molecule has 212 valence electrons. The molecule has 2 bridgehead atoms. The second-order valence-corrected chi connectivity index (χ2v) is 11.5. The normalized spacial score (nSPS) is 24.1. The third-order valence-corrected chi connectivity index (χ3v) is 8.55. The largest absolute Gasteiger partial charge is 0.494 e. The van der Waals surface area contributed by atoms with Gasteiger partial charge in [-0.1, -0.05) is 35.9 Å². The first-order chi connectivity index (χ1) is 19.8. The number of hydrogen-bond donors (Lipinski definition) is 1. The van der Waals surface area contributed by atoms with Crippen LogP contribution in [0, 0.1) is 18.3 Å². The van der Waals surface area contributed by atoms with Crippen molar-refractivity contribution in [3.63, 3.8) is 0 Å². The summed E-state index contributed by atoms with van der Waals surface area (Å²) < 4.78 is 7.40. The summed E-state index contributed by atoms with van der Waals surface area (Å²) in [5.41, 5.74) is 1.77. The predicted molar refractivity (Wildman–Crippen MR) is 154 cm³/mol. The van der Waals surface area contributed by atoms with Crippen LogP contribution >= 0.6 is 0 Å². The molecule has 3 aliphatic heterocycles. The smallest absolute Gasteiger partial charge is 0.335 e. The van der Waals surface area contributed by atoms with Crippen molar-refractivity contribution in [2.45, 2.75) is 39.2 Å². The molecule has 2 aromatic carbocycles. The molecule has 9 nitrogen and oxygen atoms in total. The van der Waals surface area contributed by atoms with E-state index in [1.807, 2.05) is 48.7 Å². The average Bonchev–Trinajstić information content (AvgIpc) is 2.95. The van der Waals surface area contributed by atoms with Crippen molar-refractivity contribution in [2.75, 3.05) is 31.1 Å². The van der Waals surface area contributed by atoms with Gasteiger partial charge in [0, 0.05) is 43.9 Å². The number of likely N-dealkylation sites (tertiary alicyclic amines) is 1. The Morgan fingerprint density at radius 3 is 2.41 bits per heavy atom. The molecule has 6 rings (SSSR count). The quantitative estimate of drug-likeness (QED) is 0.449. The number of benzene rings is 2.